The first-order chi connectivity index (χ1) is 12.8. The Morgan fingerprint density at radius 2 is 1.93 bits per heavy atom. The fraction of sp³-hybridized carbons (Fsp3) is 0.867. The highest BCUT2D eigenvalue weighted by molar-refractivity contribution is 7.80. The van der Waals surface area contributed by atoms with Gasteiger partial charge in [0.2, 0.25) is 0 Å². The maximum Gasteiger partial charge on any atom is 0.418 e. The van der Waals surface area contributed by atoms with Crippen molar-refractivity contribution in [3.05, 3.63) is 0 Å². The van der Waals surface area contributed by atoms with Gasteiger partial charge in [-0.25, -0.2) is 10.3 Å². The molecule has 0 aliphatic carbocycles. The van der Waals surface area contributed by atoms with E-state index in [9.17, 15) is 18.0 Å². The van der Waals surface area contributed by atoms with Gasteiger partial charge in [-0.2, -0.15) is 13.9 Å². The second-order valence-electron chi connectivity index (χ2n) is 6.31. The summed E-state index contributed by atoms with van der Waals surface area (Å²) in [5.74, 6) is 0.0519. The Kier molecular flexibility index (Phi) is 10.5. The van der Waals surface area contributed by atoms with Gasteiger partial charge < -0.3 is 10.2 Å². The quantitative estimate of drug-likeness (QED) is 0.217. The Labute approximate surface area is 160 Å². The lowest BCUT2D eigenvalue weighted by molar-refractivity contribution is -0.139. The predicted octanol–water partition coefficient (Wildman–Crippen LogP) is 0.359. The Morgan fingerprint density at radius 1 is 1.26 bits per heavy atom. The van der Waals surface area contributed by atoms with E-state index in [1.165, 1.54) is 0 Å². The first kappa shape index (κ1) is 23.6. The van der Waals surface area contributed by atoms with Crippen LogP contribution in [-0.2, 0) is 24.3 Å². The van der Waals surface area contributed by atoms with Gasteiger partial charge in [0.1, 0.15) is 6.04 Å². The van der Waals surface area contributed by atoms with E-state index in [1.807, 2.05) is 6.92 Å². The second kappa shape index (κ2) is 12.1. The van der Waals surface area contributed by atoms with Crippen LogP contribution in [0.2, 0.25) is 0 Å². The standard InChI is InChI=1S/C15H30N4O7S/c1-3-5-13(19(4-2)15(21)18-26-27(22,23)24)14(20)17-25-11-8-12-6-9-16-10-7-12/h12-13,16H,3-11H2,1-2H3,(H,17,20)(H,18,21)(H,22,23,24)/t13-/m0/s1. The average molecular weight is 410 g/mol. The molecule has 0 radical (unpaired) electrons. The summed E-state index contributed by atoms with van der Waals surface area (Å²) in [4.78, 5) is 30.8. The van der Waals surface area contributed by atoms with Gasteiger partial charge >= 0.3 is 16.4 Å². The number of hydrogen-bond donors (Lipinski definition) is 4. The third kappa shape index (κ3) is 9.33. The van der Waals surface area contributed by atoms with Crippen molar-refractivity contribution in [2.24, 2.45) is 5.92 Å². The van der Waals surface area contributed by atoms with Crippen LogP contribution in [0.3, 0.4) is 0 Å². The third-order valence-electron chi connectivity index (χ3n) is 4.34. The number of piperidine rings is 1. The number of nitrogens with one attached hydrogen (secondary N) is 3. The molecular formula is C15H30N4O7S. The number of urea groups is 1. The zero-order valence-corrected chi connectivity index (χ0v) is 16.6. The summed E-state index contributed by atoms with van der Waals surface area (Å²) in [6.07, 6.45) is 3.94. The minimum absolute atomic E-state index is 0.119. The Hall–Kier alpha value is -1.47. The minimum Gasteiger partial charge on any atom is -0.317 e. The van der Waals surface area contributed by atoms with E-state index in [0.717, 1.165) is 37.3 Å². The number of hydroxylamine groups is 2. The minimum atomic E-state index is -4.84. The highest BCUT2D eigenvalue weighted by atomic mass is 32.3. The van der Waals surface area contributed by atoms with Crippen molar-refractivity contribution in [1.82, 2.24) is 21.2 Å². The van der Waals surface area contributed by atoms with Crippen LogP contribution in [-0.4, -0.2) is 62.1 Å². The van der Waals surface area contributed by atoms with Gasteiger partial charge in [0.25, 0.3) is 5.91 Å². The average Bonchev–Trinajstić information content (AvgIpc) is 2.63. The van der Waals surface area contributed by atoms with E-state index in [0.29, 0.717) is 25.4 Å². The van der Waals surface area contributed by atoms with Crippen LogP contribution in [0.5, 0.6) is 0 Å². The highest BCUT2D eigenvalue weighted by Crippen LogP contribution is 2.15. The Morgan fingerprint density at radius 3 is 2.48 bits per heavy atom. The van der Waals surface area contributed by atoms with Crippen LogP contribution in [0.1, 0.15) is 46.0 Å². The lowest BCUT2D eigenvalue weighted by Crippen LogP contribution is -2.53. The van der Waals surface area contributed by atoms with Gasteiger partial charge in [0.05, 0.1) is 6.61 Å². The summed E-state index contributed by atoms with van der Waals surface area (Å²) in [5, 5.41) is 3.28. The molecule has 11 nitrogen and oxygen atoms in total. The van der Waals surface area contributed by atoms with E-state index >= 15 is 0 Å². The van der Waals surface area contributed by atoms with Gasteiger partial charge in [-0.3, -0.25) is 14.2 Å². The molecule has 0 bridgehead atoms. The molecule has 0 aromatic heterocycles. The predicted molar refractivity (Wildman–Crippen MR) is 96.5 cm³/mol. The van der Waals surface area contributed by atoms with Crippen molar-refractivity contribution >= 4 is 22.3 Å². The maximum atomic E-state index is 12.4. The van der Waals surface area contributed by atoms with Crippen molar-refractivity contribution in [2.75, 3.05) is 26.2 Å². The molecule has 158 valence electrons. The van der Waals surface area contributed by atoms with E-state index in [2.05, 4.69) is 15.1 Å². The molecule has 0 unspecified atom stereocenters. The van der Waals surface area contributed by atoms with Gasteiger partial charge in [-0.15, -0.1) is 4.28 Å². The first-order valence-electron chi connectivity index (χ1n) is 9.13. The molecule has 27 heavy (non-hydrogen) atoms. The van der Waals surface area contributed by atoms with Crippen LogP contribution >= 0.6 is 0 Å². The second-order valence-corrected chi connectivity index (χ2v) is 7.33. The Balaban J connectivity index is 2.51. The number of likely N-dealkylation sites (N-methyl/N-ethyl adjacent to an activating group) is 1. The molecule has 1 aliphatic rings. The molecule has 4 N–H and O–H groups in total. The molecule has 0 aromatic carbocycles. The van der Waals surface area contributed by atoms with Crippen molar-refractivity contribution in [2.45, 2.75) is 52.0 Å². The van der Waals surface area contributed by atoms with Crippen molar-refractivity contribution < 1.29 is 31.7 Å². The molecule has 1 atom stereocenters. The van der Waals surface area contributed by atoms with Crippen LogP contribution in [0, 0.1) is 5.92 Å². The largest absolute Gasteiger partial charge is 0.418 e. The maximum absolute atomic E-state index is 12.4. The number of carbonyl (C=O) groups excluding carboxylic acids is 2. The fourth-order valence-electron chi connectivity index (χ4n) is 2.94. The molecule has 1 rings (SSSR count). The smallest absolute Gasteiger partial charge is 0.317 e. The first-order valence-corrected chi connectivity index (χ1v) is 10.5. The summed E-state index contributed by atoms with van der Waals surface area (Å²) < 4.78 is 33.6. The molecule has 12 heteroatoms. The summed E-state index contributed by atoms with van der Waals surface area (Å²) in [7, 11) is -4.84. The lowest BCUT2D eigenvalue weighted by atomic mass is 9.95. The fourth-order valence-corrected chi connectivity index (χ4v) is 3.12. The van der Waals surface area contributed by atoms with Crippen LogP contribution < -0.4 is 16.3 Å². The number of amides is 3. The zero-order chi connectivity index (χ0) is 20.3. The molecule has 1 fully saturated rings. The lowest BCUT2D eigenvalue weighted by Gasteiger charge is -2.29. The van der Waals surface area contributed by atoms with Gasteiger partial charge in [-0.05, 0) is 51.6 Å². The molecule has 1 aliphatic heterocycles. The summed E-state index contributed by atoms with van der Waals surface area (Å²) in [6, 6.07) is -1.83. The molecule has 1 heterocycles. The van der Waals surface area contributed by atoms with E-state index < -0.39 is 28.4 Å². The van der Waals surface area contributed by atoms with Crippen LogP contribution in [0.4, 0.5) is 4.79 Å². The van der Waals surface area contributed by atoms with Gasteiger partial charge in [0.15, 0.2) is 0 Å². The number of rotatable bonds is 11. The summed E-state index contributed by atoms with van der Waals surface area (Å²) in [5.41, 5.74) is 3.96. The van der Waals surface area contributed by atoms with Crippen molar-refractivity contribution in [3.8, 4) is 0 Å². The molecule has 0 aromatic rings. The van der Waals surface area contributed by atoms with Crippen LogP contribution in [0.25, 0.3) is 0 Å². The monoisotopic (exact) mass is 410 g/mol. The van der Waals surface area contributed by atoms with Gasteiger partial charge in [-0.1, -0.05) is 13.3 Å². The van der Waals surface area contributed by atoms with E-state index in [1.54, 1.807) is 12.4 Å². The topological polar surface area (TPSA) is 146 Å². The van der Waals surface area contributed by atoms with E-state index in [4.69, 9.17) is 9.39 Å². The number of hydrogen-bond acceptors (Lipinski definition) is 7. The number of carbonyl (C=O) groups is 2. The van der Waals surface area contributed by atoms with Crippen molar-refractivity contribution in [3.63, 3.8) is 0 Å². The van der Waals surface area contributed by atoms with E-state index in [-0.39, 0.29) is 6.54 Å². The normalized spacial score (nSPS) is 16.6. The van der Waals surface area contributed by atoms with Crippen molar-refractivity contribution in [1.29, 1.82) is 0 Å². The number of nitrogens with zero attached hydrogens (tertiary/aromatic N) is 1. The third-order valence-corrected chi connectivity index (χ3v) is 4.63. The van der Waals surface area contributed by atoms with Crippen LogP contribution in [0.15, 0.2) is 0 Å². The highest BCUT2D eigenvalue weighted by Gasteiger charge is 2.29. The van der Waals surface area contributed by atoms with Gasteiger partial charge in [0, 0.05) is 6.54 Å². The molecule has 1 saturated heterocycles. The molecular weight excluding hydrogens is 380 g/mol. The molecule has 0 saturated carbocycles. The summed E-state index contributed by atoms with van der Waals surface area (Å²) in [6.45, 7) is 5.94. The molecule has 0 spiro atoms. The molecule has 3 amide bonds. The SMILES string of the molecule is CCC[C@@H](C(=O)NOCCC1CCNCC1)N(CC)C(=O)NOS(=O)(=O)O. The Bertz CT molecular complexity index is 567. The zero-order valence-electron chi connectivity index (χ0n) is 15.8. The summed E-state index contributed by atoms with van der Waals surface area (Å²) >= 11 is 0.